The van der Waals surface area contributed by atoms with Crippen LogP contribution in [0.15, 0.2) is 46.6 Å². The van der Waals surface area contributed by atoms with Crippen molar-refractivity contribution in [3.63, 3.8) is 0 Å². The number of hydrogen-bond donors (Lipinski definition) is 1. The summed E-state index contributed by atoms with van der Waals surface area (Å²) in [7, 11) is 1.00. The number of ether oxygens (including phenoxy) is 4. The van der Waals surface area contributed by atoms with E-state index in [2.05, 4.69) is 10.2 Å². The molecule has 0 bridgehead atoms. The molecule has 0 saturated carbocycles. The van der Waals surface area contributed by atoms with Crippen LogP contribution in [-0.2, 0) is 25.7 Å². The van der Waals surface area contributed by atoms with Gasteiger partial charge in [-0.3, -0.25) is 9.59 Å². The standard InChI is InChI=1S/C24H28N2O7.CH4O/c1-14(2)30-13-18-11-19(7-9-22(18)32-16(5)27)25-26-20-8-10-23(33-17(6)28)21(12-20)24(29)31-15(3)4;1-2/h7-12,14-15H,13H2,1-6H3;2H,1H3. The number of aliphatic hydroxyl groups is 1. The number of benzene rings is 2. The maximum atomic E-state index is 12.4. The number of nitrogens with zero attached hydrogens (tertiary/aromatic N) is 2. The maximum Gasteiger partial charge on any atom is 0.342 e. The summed E-state index contributed by atoms with van der Waals surface area (Å²) in [6.45, 7) is 10.0. The van der Waals surface area contributed by atoms with Crippen molar-refractivity contribution in [2.24, 2.45) is 10.2 Å². The van der Waals surface area contributed by atoms with Crippen LogP contribution in [0.2, 0.25) is 0 Å². The van der Waals surface area contributed by atoms with E-state index < -0.39 is 17.9 Å². The third kappa shape index (κ3) is 10.4. The second-order valence-electron chi connectivity index (χ2n) is 7.67. The smallest absolute Gasteiger partial charge is 0.342 e. The van der Waals surface area contributed by atoms with E-state index in [1.165, 1.54) is 26.0 Å². The zero-order valence-corrected chi connectivity index (χ0v) is 21.0. The Morgan fingerprint density at radius 3 is 1.83 bits per heavy atom. The van der Waals surface area contributed by atoms with E-state index in [4.69, 9.17) is 24.1 Å². The lowest BCUT2D eigenvalue weighted by Crippen LogP contribution is -2.14. The van der Waals surface area contributed by atoms with Gasteiger partial charge in [0.2, 0.25) is 0 Å². The van der Waals surface area contributed by atoms with E-state index in [0.29, 0.717) is 22.7 Å². The molecule has 0 unspecified atom stereocenters. The molecule has 0 aliphatic heterocycles. The van der Waals surface area contributed by atoms with E-state index in [-0.39, 0.29) is 30.1 Å². The molecular formula is C25H32N2O8. The van der Waals surface area contributed by atoms with Crippen LogP contribution in [0, 0.1) is 0 Å². The third-order valence-corrected chi connectivity index (χ3v) is 3.93. The molecule has 0 spiro atoms. The van der Waals surface area contributed by atoms with E-state index in [1.807, 2.05) is 13.8 Å². The lowest BCUT2D eigenvalue weighted by atomic mass is 10.1. The zero-order valence-electron chi connectivity index (χ0n) is 21.0. The molecule has 0 heterocycles. The Balaban J connectivity index is 0.00000298. The Labute approximate surface area is 204 Å². The maximum absolute atomic E-state index is 12.4. The lowest BCUT2D eigenvalue weighted by molar-refractivity contribution is -0.132. The van der Waals surface area contributed by atoms with Crippen LogP contribution in [0.5, 0.6) is 11.5 Å². The molecule has 2 aromatic rings. The molecule has 10 nitrogen and oxygen atoms in total. The summed E-state index contributed by atoms with van der Waals surface area (Å²) in [4.78, 5) is 35.2. The number of hydrogen-bond acceptors (Lipinski definition) is 10. The molecule has 10 heteroatoms. The van der Waals surface area contributed by atoms with E-state index in [9.17, 15) is 14.4 Å². The van der Waals surface area contributed by atoms with Gasteiger partial charge in [-0.25, -0.2) is 4.79 Å². The molecule has 35 heavy (non-hydrogen) atoms. The Kier molecular flexibility index (Phi) is 12.3. The topological polar surface area (TPSA) is 133 Å². The minimum Gasteiger partial charge on any atom is -0.459 e. The monoisotopic (exact) mass is 488 g/mol. The second kappa shape index (κ2) is 14.6. The van der Waals surface area contributed by atoms with Crippen LogP contribution in [0.1, 0.15) is 57.5 Å². The molecule has 0 aliphatic carbocycles. The van der Waals surface area contributed by atoms with Crippen LogP contribution < -0.4 is 9.47 Å². The highest BCUT2D eigenvalue weighted by atomic mass is 16.6. The Morgan fingerprint density at radius 1 is 0.800 bits per heavy atom. The van der Waals surface area contributed by atoms with Gasteiger partial charge in [-0.15, -0.1) is 0 Å². The van der Waals surface area contributed by atoms with Gasteiger partial charge < -0.3 is 24.1 Å². The van der Waals surface area contributed by atoms with Gasteiger partial charge >= 0.3 is 17.9 Å². The fourth-order valence-corrected chi connectivity index (χ4v) is 2.63. The molecular weight excluding hydrogens is 456 g/mol. The van der Waals surface area contributed by atoms with Gasteiger partial charge in [-0.1, -0.05) is 0 Å². The largest absolute Gasteiger partial charge is 0.459 e. The number of azo groups is 1. The van der Waals surface area contributed by atoms with Crippen molar-refractivity contribution in [2.75, 3.05) is 7.11 Å². The first-order chi connectivity index (χ1) is 16.5. The van der Waals surface area contributed by atoms with Crippen LogP contribution in [-0.4, -0.2) is 42.3 Å². The summed E-state index contributed by atoms with van der Waals surface area (Å²) in [5.74, 6) is -1.19. The van der Waals surface area contributed by atoms with Gasteiger partial charge in [0.25, 0.3) is 0 Å². The first kappa shape index (κ1) is 29.4. The molecule has 0 fully saturated rings. The van der Waals surface area contributed by atoms with Crippen LogP contribution in [0.3, 0.4) is 0 Å². The van der Waals surface area contributed by atoms with Crippen molar-refractivity contribution in [3.8, 4) is 11.5 Å². The summed E-state index contributed by atoms with van der Waals surface area (Å²) < 4.78 is 21.2. The van der Waals surface area contributed by atoms with Crippen LogP contribution >= 0.6 is 0 Å². The quantitative estimate of drug-likeness (QED) is 0.294. The molecule has 0 aliphatic rings. The fraction of sp³-hybridized carbons (Fsp3) is 0.400. The number of esters is 3. The summed E-state index contributed by atoms with van der Waals surface area (Å²) in [5, 5.41) is 15.4. The summed E-state index contributed by atoms with van der Waals surface area (Å²) in [5.41, 5.74) is 1.54. The van der Waals surface area contributed by atoms with Gasteiger partial charge in [-0.2, -0.15) is 10.2 Å². The van der Waals surface area contributed by atoms with Crippen molar-refractivity contribution >= 4 is 29.3 Å². The van der Waals surface area contributed by atoms with Crippen molar-refractivity contribution < 1.29 is 38.4 Å². The second-order valence-corrected chi connectivity index (χ2v) is 7.67. The minimum absolute atomic E-state index is 0.0137. The van der Waals surface area contributed by atoms with Gasteiger partial charge in [0.15, 0.2) is 0 Å². The molecule has 0 saturated heterocycles. The highest BCUT2D eigenvalue weighted by molar-refractivity contribution is 5.94. The van der Waals surface area contributed by atoms with Crippen LogP contribution in [0.25, 0.3) is 0 Å². The van der Waals surface area contributed by atoms with Crippen molar-refractivity contribution in [3.05, 3.63) is 47.5 Å². The van der Waals surface area contributed by atoms with Gasteiger partial charge in [0, 0.05) is 26.5 Å². The highest BCUT2D eigenvalue weighted by Gasteiger charge is 2.18. The first-order valence-corrected chi connectivity index (χ1v) is 10.9. The number of rotatable bonds is 9. The fourth-order valence-electron chi connectivity index (χ4n) is 2.63. The Morgan fingerprint density at radius 2 is 1.31 bits per heavy atom. The molecule has 2 aromatic carbocycles. The summed E-state index contributed by atoms with van der Waals surface area (Å²) in [6.07, 6.45) is -0.365. The molecule has 0 radical (unpaired) electrons. The number of carbonyl (C=O) groups excluding carboxylic acids is 3. The highest BCUT2D eigenvalue weighted by Crippen LogP contribution is 2.30. The van der Waals surface area contributed by atoms with E-state index in [1.54, 1.807) is 38.1 Å². The van der Waals surface area contributed by atoms with Gasteiger partial charge in [-0.05, 0) is 64.1 Å². The number of aliphatic hydroxyl groups excluding tert-OH is 1. The molecule has 2 rings (SSSR count). The zero-order chi connectivity index (χ0) is 26.5. The Bertz CT molecular complexity index is 1050. The molecule has 0 atom stereocenters. The van der Waals surface area contributed by atoms with Crippen molar-refractivity contribution in [2.45, 2.75) is 60.4 Å². The third-order valence-electron chi connectivity index (χ3n) is 3.93. The predicted molar refractivity (Wildman–Crippen MR) is 128 cm³/mol. The molecule has 190 valence electrons. The van der Waals surface area contributed by atoms with E-state index >= 15 is 0 Å². The lowest BCUT2D eigenvalue weighted by Gasteiger charge is -2.12. The van der Waals surface area contributed by atoms with Gasteiger partial charge in [0.1, 0.15) is 17.1 Å². The Hall–Kier alpha value is -3.63. The molecule has 1 N–H and O–H groups in total. The average molecular weight is 489 g/mol. The molecule has 0 amide bonds. The minimum atomic E-state index is -0.642. The first-order valence-electron chi connectivity index (χ1n) is 10.9. The summed E-state index contributed by atoms with van der Waals surface area (Å²) >= 11 is 0. The predicted octanol–water partition coefficient (Wildman–Crippen LogP) is 5.05. The SMILES string of the molecule is CC(=O)Oc1ccc(N=Nc2ccc(OC(C)=O)c(C(=O)OC(C)C)c2)cc1COC(C)C.CO. The van der Waals surface area contributed by atoms with E-state index in [0.717, 1.165) is 7.11 Å². The van der Waals surface area contributed by atoms with Crippen LogP contribution in [0.4, 0.5) is 11.4 Å². The summed E-state index contributed by atoms with van der Waals surface area (Å²) in [6, 6.07) is 9.40. The number of carbonyl (C=O) groups is 3. The molecule has 0 aromatic heterocycles. The van der Waals surface area contributed by atoms with Crippen molar-refractivity contribution in [1.29, 1.82) is 0 Å². The average Bonchev–Trinajstić information content (AvgIpc) is 2.78. The van der Waals surface area contributed by atoms with Gasteiger partial charge in [0.05, 0.1) is 30.2 Å². The normalized spacial score (nSPS) is 10.7. The van der Waals surface area contributed by atoms with Crippen molar-refractivity contribution in [1.82, 2.24) is 0 Å².